The second-order valence-corrected chi connectivity index (χ2v) is 7.70. The van der Waals surface area contributed by atoms with Crippen LogP contribution in [0, 0.1) is 5.92 Å². The first-order valence-electron chi connectivity index (χ1n) is 9.03. The number of alkyl carbamates (subject to hydrolysis) is 1. The molecule has 3 atom stereocenters. The van der Waals surface area contributed by atoms with E-state index >= 15 is 0 Å². The Morgan fingerprint density at radius 1 is 1.46 bits per heavy atom. The average molecular weight is 336 g/mol. The van der Waals surface area contributed by atoms with Crippen LogP contribution in [0.25, 0.3) is 0 Å². The molecule has 0 saturated heterocycles. The van der Waals surface area contributed by atoms with Crippen LogP contribution in [0.5, 0.6) is 0 Å². The zero-order valence-corrected chi connectivity index (χ0v) is 15.6. The van der Waals surface area contributed by atoms with Crippen LogP contribution in [0.1, 0.15) is 65.5 Å². The Hall–Kier alpha value is -1.56. The monoisotopic (exact) mass is 336 g/mol. The fourth-order valence-electron chi connectivity index (χ4n) is 3.22. The summed E-state index contributed by atoms with van der Waals surface area (Å²) in [6, 6.07) is 0.678. The number of amides is 1. The number of aryl methyl sites for hydroxylation is 1. The Balaban J connectivity index is 1.83. The molecule has 6 heteroatoms. The lowest BCUT2D eigenvalue weighted by atomic mass is 10.0. The molecule has 136 valence electrons. The molecule has 0 radical (unpaired) electrons. The van der Waals surface area contributed by atoms with Gasteiger partial charge in [-0.1, -0.05) is 6.42 Å². The van der Waals surface area contributed by atoms with Crippen LogP contribution < -0.4 is 10.6 Å². The normalized spacial score (nSPS) is 22.4. The van der Waals surface area contributed by atoms with E-state index in [2.05, 4.69) is 35.8 Å². The van der Waals surface area contributed by atoms with Crippen LogP contribution in [0.3, 0.4) is 0 Å². The summed E-state index contributed by atoms with van der Waals surface area (Å²) in [6.07, 6.45) is 7.18. The Morgan fingerprint density at radius 3 is 2.83 bits per heavy atom. The van der Waals surface area contributed by atoms with Crippen molar-refractivity contribution in [3.8, 4) is 0 Å². The highest BCUT2D eigenvalue weighted by molar-refractivity contribution is 5.67. The molecule has 1 aromatic heterocycles. The number of nitrogens with one attached hydrogen (secondary N) is 2. The lowest BCUT2D eigenvalue weighted by Crippen LogP contribution is -2.41. The van der Waals surface area contributed by atoms with E-state index in [0.29, 0.717) is 18.5 Å². The minimum atomic E-state index is -0.453. The van der Waals surface area contributed by atoms with Gasteiger partial charge in [0.05, 0.1) is 6.20 Å². The number of hydrogen-bond acceptors (Lipinski definition) is 4. The maximum absolute atomic E-state index is 11.8. The van der Waals surface area contributed by atoms with E-state index < -0.39 is 5.60 Å². The molecule has 0 spiro atoms. The molecule has 2 N–H and O–H groups in total. The van der Waals surface area contributed by atoms with Gasteiger partial charge in [-0.15, -0.1) is 0 Å². The third-order valence-electron chi connectivity index (χ3n) is 4.51. The molecule has 1 amide bonds. The van der Waals surface area contributed by atoms with Crippen LogP contribution in [-0.4, -0.2) is 34.1 Å². The van der Waals surface area contributed by atoms with Gasteiger partial charge in [0.25, 0.3) is 0 Å². The van der Waals surface area contributed by atoms with Crippen molar-refractivity contribution in [3.63, 3.8) is 0 Å². The molecule has 1 saturated carbocycles. The summed E-state index contributed by atoms with van der Waals surface area (Å²) in [5.74, 6) is 0.446. The number of aromatic nitrogens is 2. The highest BCUT2D eigenvalue weighted by Gasteiger charge is 2.29. The smallest absolute Gasteiger partial charge is 0.407 e. The zero-order valence-electron chi connectivity index (χ0n) is 15.6. The van der Waals surface area contributed by atoms with Gasteiger partial charge in [0.2, 0.25) is 0 Å². The van der Waals surface area contributed by atoms with Crippen LogP contribution in [0.15, 0.2) is 12.4 Å². The quantitative estimate of drug-likeness (QED) is 0.837. The molecule has 1 aliphatic rings. The molecule has 24 heavy (non-hydrogen) atoms. The molecule has 0 aliphatic heterocycles. The SMILES string of the molecule is CCn1cc(C(C)NC2CCCC2CNC(=O)OC(C)(C)C)cn1. The predicted molar refractivity (Wildman–Crippen MR) is 94.8 cm³/mol. The second-order valence-electron chi connectivity index (χ2n) is 7.70. The van der Waals surface area contributed by atoms with Gasteiger partial charge in [-0.2, -0.15) is 5.10 Å². The average Bonchev–Trinajstić information content (AvgIpc) is 3.12. The maximum Gasteiger partial charge on any atom is 0.407 e. The van der Waals surface area contributed by atoms with E-state index in [-0.39, 0.29) is 12.1 Å². The van der Waals surface area contributed by atoms with E-state index in [0.717, 1.165) is 19.4 Å². The topological polar surface area (TPSA) is 68.2 Å². The Kier molecular flexibility index (Phi) is 6.27. The molecule has 6 nitrogen and oxygen atoms in total. The first kappa shape index (κ1) is 18.8. The van der Waals surface area contributed by atoms with Crippen molar-refractivity contribution in [3.05, 3.63) is 18.0 Å². The number of ether oxygens (including phenoxy) is 1. The van der Waals surface area contributed by atoms with Gasteiger partial charge < -0.3 is 15.4 Å². The van der Waals surface area contributed by atoms with E-state index in [4.69, 9.17) is 4.74 Å². The molecule has 0 bridgehead atoms. The molecular weight excluding hydrogens is 304 g/mol. The van der Waals surface area contributed by atoms with Crippen LogP contribution in [-0.2, 0) is 11.3 Å². The van der Waals surface area contributed by atoms with E-state index in [1.165, 1.54) is 12.0 Å². The number of hydrogen-bond donors (Lipinski definition) is 2. The Morgan fingerprint density at radius 2 is 2.21 bits per heavy atom. The predicted octanol–water partition coefficient (Wildman–Crippen LogP) is 3.25. The summed E-state index contributed by atoms with van der Waals surface area (Å²) in [7, 11) is 0. The first-order valence-corrected chi connectivity index (χ1v) is 9.03. The van der Waals surface area contributed by atoms with E-state index in [9.17, 15) is 4.79 Å². The fourth-order valence-corrected chi connectivity index (χ4v) is 3.22. The van der Waals surface area contributed by atoms with Crippen molar-refractivity contribution in [2.45, 2.75) is 78.1 Å². The number of carbonyl (C=O) groups excluding carboxylic acids is 1. The standard InChI is InChI=1S/C18H32N4O2/c1-6-22-12-15(11-20-22)13(2)21-16-9-7-8-14(16)10-19-17(23)24-18(3,4)5/h11-14,16,21H,6-10H2,1-5H3,(H,19,23). The maximum atomic E-state index is 11.8. The van der Waals surface area contributed by atoms with Crippen LogP contribution >= 0.6 is 0 Å². The number of rotatable bonds is 6. The van der Waals surface area contributed by atoms with Crippen LogP contribution in [0.4, 0.5) is 4.79 Å². The Bertz CT molecular complexity index is 535. The van der Waals surface area contributed by atoms with Crippen molar-refractivity contribution in [2.75, 3.05) is 6.54 Å². The molecule has 1 heterocycles. The molecule has 2 rings (SSSR count). The minimum absolute atomic E-state index is 0.262. The van der Waals surface area contributed by atoms with Crippen molar-refractivity contribution >= 4 is 6.09 Å². The highest BCUT2D eigenvalue weighted by Crippen LogP contribution is 2.27. The summed E-state index contributed by atoms with van der Waals surface area (Å²) < 4.78 is 7.26. The third-order valence-corrected chi connectivity index (χ3v) is 4.51. The summed E-state index contributed by atoms with van der Waals surface area (Å²) in [5, 5.41) is 11.0. The van der Waals surface area contributed by atoms with Crippen molar-refractivity contribution in [1.82, 2.24) is 20.4 Å². The largest absolute Gasteiger partial charge is 0.444 e. The van der Waals surface area contributed by atoms with Gasteiger partial charge in [0, 0.05) is 36.9 Å². The van der Waals surface area contributed by atoms with Gasteiger partial charge in [-0.3, -0.25) is 4.68 Å². The fraction of sp³-hybridized carbons (Fsp3) is 0.778. The van der Waals surface area contributed by atoms with Gasteiger partial charge >= 0.3 is 6.09 Å². The summed E-state index contributed by atoms with van der Waals surface area (Å²) >= 11 is 0. The first-order chi connectivity index (χ1) is 11.3. The van der Waals surface area contributed by atoms with Crippen molar-refractivity contribution in [1.29, 1.82) is 0 Å². The lowest BCUT2D eigenvalue weighted by molar-refractivity contribution is 0.0517. The molecule has 1 fully saturated rings. The summed E-state index contributed by atoms with van der Waals surface area (Å²) in [5.41, 5.74) is 0.758. The van der Waals surface area contributed by atoms with E-state index in [1.807, 2.05) is 31.6 Å². The molecular formula is C18H32N4O2. The number of nitrogens with zero attached hydrogens (tertiary/aromatic N) is 2. The summed E-state index contributed by atoms with van der Waals surface area (Å²) in [6.45, 7) is 11.4. The van der Waals surface area contributed by atoms with Gasteiger partial charge in [-0.05, 0) is 53.4 Å². The highest BCUT2D eigenvalue weighted by atomic mass is 16.6. The molecule has 1 aliphatic carbocycles. The zero-order chi connectivity index (χ0) is 17.7. The minimum Gasteiger partial charge on any atom is -0.444 e. The molecule has 0 aromatic carbocycles. The van der Waals surface area contributed by atoms with Crippen LogP contribution in [0.2, 0.25) is 0 Å². The lowest BCUT2D eigenvalue weighted by Gasteiger charge is -2.26. The van der Waals surface area contributed by atoms with Crippen molar-refractivity contribution in [2.24, 2.45) is 5.92 Å². The molecule has 3 unspecified atom stereocenters. The van der Waals surface area contributed by atoms with E-state index in [1.54, 1.807) is 0 Å². The van der Waals surface area contributed by atoms with Crippen molar-refractivity contribution < 1.29 is 9.53 Å². The second kappa shape index (κ2) is 8.01. The van der Waals surface area contributed by atoms with Gasteiger partial charge in [0.15, 0.2) is 0 Å². The molecule has 1 aromatic rings. The summed E-state index contributed by atoms with van der Waals surface area (Å²) in [4.78, 5) is 11.8. The van der Waals surface area contributed by atoms with Gasteiger partial charge in [0.1, 0.15) is 5.60 Å². The Labute approximate surface area is 145 Å². The number of carbonyl (C=O) groups is 1. The van der Waals surface area contributed by atoms with Gasteiger partial charge in [-0.25, -0.2) is 4.79 Å². The third kappa shape index (κ3) is 5.51.